The second-order valence-corrected chi connectivity index (χ2v) is 7.42. The molecule has 4 fully saturated rings. The van der Waals surface area contributed by atoms with Gasteiger partial charge in [0.15, 0.2) is 0 Å². The normalized spacial score (nSPS) is 35.9. The van der Waals surface area contributed by atoms with Crippen molar-refractivity contribution in [1.29, 1.82) is 0 Å². The molecular formula is C16H24N2O3. The smallest absolute Gasteiger partial charge is 0.312 e. The molecule has 0 aromatic rings. The fourth-order valence-electron chi connectivity index (χ4n) is 4.27. The van der Waals surface area contributed by atoms with Gasteiger partial charge in [0.05, 0.1) is 6.61 Å². The molecule has 4 rings (SSSR count). The van der Waals surface area contributed by atoms with Crippen LogP contribution in [0.1, 0.15) is 32.1 Å². The minimum atomic E-state index is -0.282. The molecule has 1 spiro atoms. The van der Waals surface area contributed by atoms with E-state index in [0.717, 1.165) is 51.5 Å². The van der Waals surface area contributed by atoms with E-state index in [-0.39, 0.29) is 17.2 Å². The number of amides is 2. The molecule has 2 unspecified atom stereocenters. The summed E-state index contributed by atoms with van der Waals surface area (Å²) in [7, 11) is 0. The Balaban J connectivity index is 1.35. The monoisotopic (exact) mass is 292 g/mol. The summed E-state index contributed by atoms with van der Waals surface area (Å²) in [5.74, 6) is 0.919. The van der Waals surface area contributed by atoms with Gasteiger partial charge < -0.3 is 14.5 Å². The van der Waals surface area contributed by atoms with E-state index in [9.17, 15) is 9.59 Å². The Labute approximate surface area is 125 Å². The van der Waals surface area contributed by atoms with Gasteiger partial charge in [-0.25, -0.2) is 0 Å². The highest BCUT2D eigenvalue weighted by molar-refractivity contribution is 6.35. The number of nitrogens with zero attached hydrogens (tertiary/aromatic N) is 2. The lowest BCUT2D eigenvalue weighted by Gasteiger charge is -2.23. The number of rotatable bonds is 1. The molecule has 0 aromatic heterocycles. The first-order chi connectivity index (χ1) is 10.2. The van der Waals surface area contributed by atoms with Crippen LogP contribution >= 0.6 is 0 Å². The van der Waals surface area contributed by atoms with E-state index in [2.05, 4.69) is 0 Å². The third-order valence-electron chi connectivity index (χ3n) is 5.89. The molecule has 2 amide bonds. The quantitative estimate of drug-likeness (QED) is 0.674. The Kier molecular flexibility index (Phi) is 3.21. The van der Waals surface area contributed by atoms with Gasteiger partial charge in [0.1, 0.15) is 0 Å². The molecule has 0 bridgehead atoms. The van der Waals surface area contributed by atoms with E-state index in [4.69, 9.17) is 4.74 Å². The maximum Gasteiger partial charge on any atom is 0.312 e. The van der Waals surface area contributed by atoms with Gasteiger partial charge in [-0.3, -0.25) is 9.59 Å². The standard InChI is InChI=1S/C16H24N2O3/c19-14(17-6-3-13(9-17)12-1-2-12)15(20)18-7-4-16(10-18)5-8-21-11-16/h12-13H,1-11H2. The summed E-state index contributed by atoms with van der Waals surface area (Å²) in [5.41, 5.74) is 0.136. The van der Waals surface area contributed by atoms with E-state index < -0.39 is 0 Å². The summed E-state index contributed by atoms with van der Waals surface area (Å²) in [5, 5.41) is 0. The van der Waals surface area contributed by atoms with Crippen molar-refractivity contribution in [3.8, 4) is 0 Å². The zero-order valence-electron chi connectivity index (χ0n) is 12.6. The predicted octanol–water partition coefficient (Wildman–Crippen LogP) is 0.884. The number of ether oxygens (including phenoxy) is 1. The summed E-state index contributed by atoms with van der Waals surface area (Å²) >= 11 is 0. The Morgan fingerprint density at radius 2 is 1.76 bits per heavy atom. The second-order valence-electron chi connectivity index (χ2n) is 7.42. The van der Waals surface area contributed by atoms with Gasteiger partial charge >= 0.3 is 11.8 Å². The molecule has 0 aromatic carbocycles. The van der Waals surface area contributed by atoms with Gasteiger partial charge in [0.25, 0.3) is 0 Å². The zero-order chi connectivity index (χ0) is 14.4. The molecule has 0 N–H and O–H groups in total. The topological polar surface area (TPSA) is 49.9 Å². The molecule has 1 aliphatic carbocycles. The van der Waals surface area contributed by atoms with Crippen molar-refractivity contribution in [2.75, 3.05) is 39.4 Å². The molecule has 116 valence electrons. The Morgan fingerprint density at radius 3 is 2.48 bits per heavy atom. The van der Waals surface area contributed by atoms with Crippen LogP contribution in [0.2, 0.25) is 0 Å². The van der Waals surface area contributed by atoms with Gasteiger partial charge in [0, 0.05) is 38.2 Å². The van der Waals surface area contributed by atoms with Crippen molar-refractivity contribution in [2.45, 2.75) is 32.1 Å². The van der Waals surface area contributed by atoms with Gasteiger partial charge in [-0.2, -0.15) is 0 Å². The molecule has 3 heterocycles. The predicted molar refractivity (Wildman–Crippen MR) is 76.5 cm³/mol. The third-order valence-corrected chi connectivity index (χ3v) is 5.89. The van der Waals surface area contributed by atoms with Crippen LogP contribution in [0.5, 0.6) is 0 Å². The average molecular weight is 292 g/mol. The van der Waals surface area contributed by atoms with Crippen LogP contribution in [0.4, 0.5) is 0 Å². The van der Waals surface area contributed by atoms with Gasteiger partial charge in [-0.05, 0) is 43.9 Å². The summed E-state index contributed by atoms with van der Waals surface area (Å²) in [4.78, 5) is 28.4. The van der Waals surface area contributed by atoms with Crippen molar-refractivity contribution >= 4 is 11.8 Å². The molecular weight excluding hydrogens is 268 g/mol. The first-order valence-corrected chi connectivity index (χ1v) is 8.33. The van der Waals surface area contributed by atoms with Crippen LogP contribution in [0.3, 0.4) is 0 Å². The SMILES string of the molecule is O=C(C(=O)N1CCC2(CCOC2)C1)N1CCC(C2CC2)C1. The lowest BCUT2D eigenvalue weighted by Crippen LogP contribution is -2.44. The lowest BCUT2D eigenvalue weighted by molar-refractivity contribution is -0.150. The summed E-state index contributed by atoms with van der Waals surface area (Å²) < 4.78 is 5.48. The first kappa shape index (κ1) is 13.6. The molecule has 1 saturated carbocycles. The van der Waals surface area contributed by atoms with Gasteiger partial charge in [-0.1, -0.05) is 0 Å². The minimum Gasteiger partial charge on any atom is -0.381 e. The van der Waals surface area contributed by atoms with Crippen molar-refractivity contribution in [2.24, 2.45) is 17.3 Å². The maximum absolute atomic E-state index is 12.5. The van der Waals surface area contributed by atoms with Gasteiger partial charge in [0.2, 0.25) is 0 Å². The molecule has 5 nitrogen and oxygen atoms in total. The summed E-state index contributed by atoms with van der Waals surface area (Å²) in [6.45, 7) is 4.54. The Morgan fingerprint density at radius 1 is 0.952 bits per heavy atom. The molecule has 5 heteroatoms. The Bertz CT molecular complexity index is 454. The van der Waals surface area contributed by atoms with Crippen molar-refractivity contribution < 1.29 is 14.3 Å². The number of likely N-dealkylation sites (tertiary alicyclic amines) is 2. The zero-order valence-corrected chi connectivity index (χ0v) is 12.6. The summed E-state index contributed by atoms with van der Waals surface area (Å²) in [6, 6.07) is 0. The van der Waals surface area contributed by atoms with E-state index >= 15 is 0 Å². The third kappa shape index (κ3) is 2.45. The highest BCUT2D eigenvalue weighted by atomic mass is 16.5. The molecule has 4 aliphatic rings. The largest absolute Gasteiger partial charge is 0.381 e. The van der Waals surface area contributed by atoms with Crippen LogP contribution in [-0.2, 0) is 14.3 Å². The van der Waals surface area contributed by atoms with Crippen molar-refractivity contribution in [3.05, 3.63) is 0 Å². The molecule has 3 aliphatic heterocycles. The van der Waals surface area contributed by atoms with Crippen LogP contribution in [0.15, 0.2) is 0 Å². The second kappa shape index (κ2) is 4.97. The molecule has 0 radical (unpaired) electrons. The number of hydrogen-bond donors (Lipinski definition) is 0. The van der Waals surface area contributed by atoms with Crippen molar-refractivity contribution in [3.63, 3.8) is 0 Å². The van der Waals surface area contributed by atoms with Crippen LogP contribution < -0.4 is 0 Å². The number of carbonyl (C=O) groups excluding carboxylic acids is 2. The van der Waals surface area contributed by atoms with Crippen LogP contribution in [0, 0.1) is 17.3 Å². The van der Waals surface area contributed by atoms with E-state index in [0.29, 0.717) is 19.0 Å². The maximum atomic E-state index is 12.5. The molecule has 3 saturated heterocycles. The van der Waals surface area contributed by atoms with Crippen LogP contribution in [0.25, 0.3) is 0 Å². The fourth-order valence-corrected chi connectivity index (χ4v) is 4.27. The Hall–Kier alpha value is -1.10. The first-order valence-electron chi connectivity index (χ1n) is 8.33. The number of hydrogen-bond acceptors (Lipinski definition) is 3. The minimum absolute atomic E-state index is 0.136. The van der Waals surface area contributed by atoms with E-state index in [1.54, 1.807) is 9.80 Å². The lowest BCUT2D eigenvalue weighted by atomic mass is 9.87. The highest BCUT2D eigenvalue weighted by Gasteiger charge is 2.45. The van der Waals surface area contributed by atoms with E-state index in [1.165, 1.54) is 12.8 Å². The summed E-state index contributed by atoms with van der Waals surface area (Å²) in [6.07, 6.45) is 5.72. The fraction of sp³-hybridized carbons (Fsp3) is 0.875. The average Bonchev–Trinajstić information content (AvgIpc) is 2.96. The molecule has 21 heavy (non-hydrogen) atoms. The number of carbonyl (C=O) groups is 2. The van der Waals surface area contributed by atoms with Crippen LogP contribution in [-0.4, -0.2) is 61.0 Å². The molecule has 2 atom stereocenters. The van der Waals surface area contributed by atoms with E-state index in [1.807, 2.05) is 0 Å². The van der Waals surface area contributed by atoms with Gasteiger partial charge in [-0.15, -0.1) is 0 Å². The van der Waals surface area contributed by atoms with Crippen molar-refractivity contribution in [1.82, 2.24) is 9.80 Å². The highest BCUT2D eigenvalue weighted by Crippen LogP contribution is 2.41.